The van der Waals surface area contributed by atoms with Gasteiger partial charge < -0.3 is 15.2 Å². The molecule has 0 atom stereocenters. The second-order valence-corrected chi connectivity index (χ2v) is 4.88. The van der Waals surface area contributed by atoms with E-state index in [-0.39, 0.29) is 12.2 Å². The number of ether oxygens (including phenoxy) is 1. The van der Waals surface area contributed by atoms with Gasteiger partial charge in [-0.05, 0) is 31.0 Å². The number of hydrogen-bond acceptors (Lipinski definition) is 3. The van der Waals surface area contributed by atoms with Crippen LogP contribution in [0.2, 0.25) is 0 Å². The van der Waals surface area contributed by atoms with Gasteiger partial charge in [-0.25, -0.2) is 0 Å². The van der Waals surface area contributed by atoms with Crippen LogP contribution in [0.4, 0.5) is 0 Å². The van der Waals surface area contributed by atoms with Crippen molar-refractivity contribution in [3.63, 3.8) is 0 Å². The predicted octanol–water partition coefficient (Wildman–Crippen LogP) is 1.48. The summed E-state index contributed by atoms with van der Waals surface area (Å²) in [6.07, 6.45) is 0.968. The highest BCUT2D eigenvalue weighted by Gasteiger charge is 2.29. The zero-order valence-electron chi connectivity index (χ0n) is 9.92. The summed E-state index contributed by atoms with van der Waals surface area (Å²) in [7, 11) is 0. The van der Waals surface area contributed by atoms with E-state index < -0.39 is 0 Å². The minimum Gasteiger partial charge on any atom is -0.487 e. The zero-order valence-corrected chi connectivity index (χ0v) is 9.92. The summed E-state index contributed by atoms with van der Waals surface area (Å²) in [4.78, 5) is 0. The Hall–Kier alpha value is -1.06. The molecule has 2 rings (SSSR count). The van der Waals surface area contributed by atoms with Crippen molar-refractivity contribution in [1.82, 2.24) is 5.32 Å². The number of fused-ring (bicyclic) bond motifs is 1. The van der Waals surface area contributed by atoms with Gasteiger partial charge in [-0.15, -0.1) is 0 Å². The first kappa shape index (κ1) is 11.4. The van der Waals surface area contributed by atoms with Crippen molar-refractivity contribution in [3.8, 4) is 5.75 Å². The van der Waals surface area contributed by atoms with Crippen molar-refractivity contribution in [1.29, 1.82) is 0 Å². The fraction of sp³-hybridized carbons (Fsp3) is 0.538. The van der Waals surface area contributed by atoms with Crippen LogP contribution in [0.15, 0.2) is 18.2 Å². The number of hydrogen-bond donors (Lipinski definition) is 2. The predicted molar refractivity (Wildman–Crippen MR) is 63.6 cm³/mol. The Morgan fingerprint density at radius 3 is 3.00 bits per heavy atom. The van der Waals surface area contributed by atoms with Gasteiger partial charge in [0.25, 0.3) is 0 Å². The van der Waals surface area contributed by atoms with Crippen molar-refractivity contribution < 1.29 is 9.84 Å². The maximum Gasteiger partial charge on any atom is 0.123 e. The van der Waals surface area contributed by atoms with Gasteiger partial charge in [0.05, 0.1) is 6.61 Å². The number of benzene rings is 1. The minimum atomic E-state index is -0.0700. The van der Waals surface area contributed by atoms with Gasteiger partial charge in [0, 0.05) is 19.5 Å². The molecule has 0 aromatic heterocycles. The van der Waals surface area contributed by atoms with E-state index in [4.69, 9.17) is 9.84 Å². The molecule has 3 nitrogen and oxygen atoms in total. The average molecular weight is 221 g/mol. The van der Waals surface area contributed by atoms with Crippen LogP contribution in [0.1, 0.15) is 25.0 Å². The Kier molecular flexibility index (Phi) is 3.17. The summed E-state index contributed by atoms with van der Waals surface area (Å²) in [5.41, 5.74) is 2.46. The fourth-order valence-electron chi connectivity index (χ4n) is 2.08. The van der Waals surface area contributed by atoms with Crippen LogP contribution in [0, 0.1) is 0 Å². The van der Waals surface area contributed by atoms with E-state index in [1.54, 1.807) is 0 Å². The lowest BCUT2D eigenvalue weighted by Crippen LogP contribution is -2.24. The van der Waals surface area contributed by atoms with Crippen LogP contribution in [0.25, 0.3) is 0 Å². The molecule has 2 N–H and O–H groups in total. The maximum absolute atomic E-state index is 8.69. The summed E-state index contributed by atoms with van der Waals surface area (Å²) in [6, 6.07) is 6.30. The Labute approximate surface area is 96.4 Å². The van der Waals surface area contributed by atoms with Crippen molar-refractivity contribution in [2.45, 2.75) is 32.4 Å². The Balaban J connectivity index is 2.04. The third-order valence-corrected chi connectivity index (χ3v) is 2.75. The molecule has 0 bridgehead atoms. The summed E-state index contributed by atoms with van der Waals surface area (Å²) in [5.74, 6) is 1.01. The smallest absolute Gasteiger partial charge is 0.123 e. The zero-order chi connectivity index (χ0) is 11.6. The van der Waals surface area contributed by atoms with Crippen molar-refractivity contribution in [2.24, 2.45) is 0 Å². The normalized spacial score (nSPS) is 16.9. The number of nitrogens with one attached hydrogen (secondary N) is 1. The molecule has 16 heavy (non-hydrogen) atoms. The highest BCUT2D eigenvalue weighted by molar-refractivity contribution is 5.41. The lowest BCUT2D eigenvalue weighted by molar-refractivity contribution is 0.138. The van der Waals surface area contributed by atoms with Crippen molar-refractivity contribution >= 4 is 0 Å². The van der Waals surface area contributed by atoms with E-state index in [9.17, 15) is 0 Å². The molecule has 1 heterocycles. The lowest BCUT2D eigenvalue weighted by atomic mass is 10.0. The highest BCUT2D eigenvalue weighted by atomic mass is 16.5. The van der Waals surface area contributed by atoms with E-state index in [0.29, 0.717) is 6.54 Å². The molecular weight excluding hydrogens is 202 g/mol. The van der Waals surface area contributed by atoms with Gasteiger partial charge >= 0.3 is 0 Å². The fourth-order valence-corrected chi connectivity index (χ4v) is 2.08. The monoisotopic (exact) mass is 221 g/mol. The van der Waals surface area contributed by atoms with Gasteiger partial charge in [0.2, 0.25) is 0 Å². The first-order valence-electron chi connectivity index (χ1n) is 5.73. The van der Waals surface area contributed by atoms with Gasteiger partial charge in [0.1, 0.15) is 11.4 Å². The molecule has 1 aromatic carbocycles. The quantitative estimate of drug-likeness (QED) is 0.757. The second kappa shape index (κ2) is 4.44. The number of aliphatic hydroxyl groups is 1. The molecule has 3 heteroatoms. The standard InChI is InChI=1S/C13H19NO2/c1-13(2)8-11-7-10(9-14-5-6-15)3-4-12(11)16-13/h3-4,7,14-15H,5-6,8-9H2,1-2H3. The van der Waals surface area contributed by atoms with Crippen LogP contribution >= 0.6 is 0 Å². The van der Waals surface area contributed by atoms with Gasteiger partial charge in [-0.3, -0.25) is 0 Å². The molecule has 1 aromatic rings. The van der Waals surface area contributed by atoms with Crippen LogP contribution in [0.3, 0.4) is 0 Å². The van der Waals surface area contributed by atoms with E-state index in [2.05, 4.69) is 31.3 Å². The van der Waals surface area contributed by atoms with Crippen LogP contribution in [0.5, 0.6) is 5.75 Å². The highest BCUT2D eigenvalue weighted by Crippen LogP contribution is 2.35. The molecule has 1 aliphatic rings. The molecular formula is C13H19NO2. The summed E-state index contributed by atoms with van der Waals surface area (Å²) >= 11 is 0. The van der Waals surface area contributed by atoms with Crippen molar-refractivity contribution in [2.75, 3.05) is 13.2 Å². The SMILES string of the molecule is CC1(C)Cc2cc(CNCCO)ccc2O1. The van der Waals surface area contributed by atoms with Gasteiger partial charge in [-0.2, -0.15) is 0 Å². The van der Waals surface area contributed by atoms with Crippen molar-refractivity contribution in [3.05, 3.63) is 29.3 Å². The molecule has 0 amide bonds. The molecule has 0 saturated heterocycles. The summed E-state index contributed by atoms with van der Waals surface area (Å²) in [5, 5.41) is 11.9. The molecule has 0 aliphatic carbocycles. The lowest BCUT2D eigenvalue weighted by Gasteiger charge is -2.16. The second-order valence-electron chi connectivity index (χ2n) is 4.88. The molecule has 0 spiro atoms. The van der Waals surface area contributed by atoms with E-state index in [0.717, 1.165) is 18.7 Å². The van der Waals surface area contributed by atoms with E-state index in [1.807, 2.05) is 6.07 Å². The molecule has 0 fully saturated rings. The van der Waals surface area contributed by atoms with Crippen LogP contribution in [-0.4, -0.2) is 23.9 Å². The van der Waals surface area contributed by atoms with Gasteiger partial charge in [-0.1, -0.05) is 12.1 Å². The summed E-state index contributed by atoms with van der Waals surface area (Å²) in [6.45, 7) is 5.84. The Bertz CT molecular complexity index is 374. The summed E-state index contributed by atoms with van der Waals surface area (Å²) < 4.78 is 5.81. The molecule has 1 aliphatic heterocycles. The first-order valence-corrected chi connectivity index (χ1v) is 5.73. The maximum atomic E-state index is 8.69. The number of aliphatic hydroxyl groups excluding tert-OH is 1. The van der Waals surface area contributed by atoms with Crippen LogP contribution in [-0.2, 0) is 13.0 Å². The average Bonchev–Trinajstić information content (AvgIpc) is 2.51. The topological polar surface area (TPSA) is 41.5 Å². The molecule has 0 radical (unpaired) electrons. The molecule has 0 unspecified atom stereocenters. The molecule has 0 saturated carbocycles. The largest absolute Gasteiger partial charge is 0.487 e. The Morgan fingerprint density at radius 2 is 2.25 bits per heavy atom. The van der Waals surface area contributed by atoms with E-state index >= 15 is 0 Å². The van der Waals surface area contributed by atoms with E-state index in [1.165, 1.54) is 11.1 Å². The molecule has 88 valence electrons. The third kappa shape index (κ3) is 2.54. The van der Waals surface area contributed by atoms with Crippen LogP contribution < -0.4 is 10.1 Å². The third-order valence-electron chi connectivity index (χ3n) is 2.75. The Morgan fingerprint density at radius 1 is 1.44 bits per heavy atom. The number of rotatable bonds is 4. The minimum absolute atomic E-state index is 0.0700. The van der Waals surface area contributed by atoms with Gasteiger partial charge in [0.15, 0.2) is 0 Å². The first-order chi connectivity index (χ1) is 7.61.